The maximum Gasteiger partial charge on any atom is 0.191 e. The number of rotatable bonds is 9. The van der Waals surface area contributed by atoms with E-state index in [2.05, 4.69) is 63.2 Å². The van der Waals surface area contributed by atoms with E-state index in [0.717, 1.165) is 70.1 Å². The van der Waals surface area contributed by atoms with E-state index in [-0.39, 0.29) is 0 Å². The van der Waals surface area contributed by atoms with Gasteiger partial charge in [0.2, 0.25) is 0 Å². The van der Waals surface area contributed by atoms with Crippen molar-refractivity contribution in [3.8, 4) is 0 Å². The zero-order valence-electron chi connectivity index (χ0n) is 19.9. The van der Waals surface area contributed by atoms with Gasteiger partial charge >= 0.3 is 0 Å². The number of likely N-dealkylation sites (tertiary alicyclic amines) is 1. The first-order valence-corrected chi connectivity index (χ1v) is 12.4. The third-order valence-corrected chi connectivity index (χ3v) is 6.57. The van der Waals surface area contributed by atoms with Crippen molar-refractivity contribution in [1.29, 1.82) is 0 Å². The average molecular weight is 430 g/mol. The highest BCUT2D eigenvalue weighted by atomic mass is 15.3. The molecule has 2 aliphatic heterocycles. The highest BCUT2D eigenvalue weighted by molar-refractivity contribution is 5.79. The summed E-state index contributed by atoms with van der Waals surface area (Å²) in [4.78, 5) is 16.9. The van der Waals surface area contributed by atoms with Gasteiger partial charge in [-0.3, -0.25) is 0 Å². The quantitative estimate of drug-likeness (QED) is 0.357. The normalized spacial score (nSPS) is 21.3. The molecular weight excluding hydrogens is 386 g/mol. The van der Waals surface area contributed by atoms with Crippen molar-refractivity contribution in [2.45, 2.75) is 59.0 Å². The van der Waals surface area contributed by atoms with Crippen LogP contribution in [-0.4, -0.2) is 85.7 Å². The van der Waals surface area contributed by atoms with Crippen molar-refractivity contribution in [2.75, 3.05) is 63.8 Å². The van der Waals surface area contributed by atoms with E-state index in [1.165, 1.54) is 37.9 Å². The molecule has 3 rings (SSSR count). The van der Waals surface area contributed by atoms with Crippen LogP contribution in [0.5, 0.6) is 0 Å². The minimum Gasteiger partial charge on any atom is -0.357 e. The van der Waals surface area contributed by atoms with Crippen LogP contribution >= 0.6 is 0 Å². The number of piperidine rings is 1. The van der Waals surface area contributed by atoms with Gasteiger partial charge in [0.1, 0.15) is 5.82 Å². The van der Waals surface area contributed by atoms with Crippen LogP contribution in [0.25, 0.3) is 0 Å². The fourth-order valence-electron chi connectivity index (χ4n) is 4.52. The number of aliphatic imine (C=N–C) groups is 1. The van der Waals surface area contributed by atoms with Gasteiger partial charge < -0.3 is 25.3 Å². The topological polar surface area (TPSA) is 59.0 Å². The molecule has 2 aliphatic rings. The summed E-state index contributed by atoms with van der Waals surface area (Å²) in [5, 5.41) is 6.90. The number of hydrogen-bond donors (Lipinski definition) is 2. The van der Waals surface area contributed by atoms with Crippen LogP contribution in [0.15, 0.2) is 23.3 Å². The van der Waals surface area contributed by atoms with Gasteiger partial charge in [-0.1, -0.05) is 13.3 Å². The molecule has 3 heterocycles. The maximum atomic E-state index is 4.82. The van der Waals surface area contributed by atoms with Crippen molar-refractivity contribution in [2.24, 2.45) is 4.99 Å². The minimum atomic E-state index is 0.670. The molecular formula is C24H43N7. The van der Waals surface area contributed by atoms with Crippen molar-refractivity contribution in [3.05, 3.63) is 23.9 Å². The fourth-order valence-corrected chi connectivity index (χ4v) is 4.52. The number of nitrogens with one attached hydrogen (secondary N) is 2. The number of nitrogens with zero attached hydrogens (tertiary/aromatic N) is 5. The molecule has 1 unspecified atom stereocenters. The van der Waals surface area contributed by atoms with E-state index < -0.39 is 0 Å². The second-order valence-corrected chi connectivity index (χ2v) is 8.80. The molecule has 2 fully saturated rings. The maximum absolute atomic E-state index is 4.82. The predicted molar refractivity (Wildman–Crippen MR) is 131 cm³/mol. The van der Waals surface area contributed by atoms with Crippen LogP contribution in [0.3, 0.4) is 0 Å². The first kappa shape index (κ1) is 23.8. The standard InChI is InChI=1S/C24H43N7/c1-4-25-24(27-11-8-14-30-13-7-6-9-21(30)3)28-20-22-10-12-26-23(19-22)31-17-15-29(5-2)16-18-31/h10,12,19,21H,4-9,11,13-18,20H2,1-3H3,(H2,25,27,28). The first-order chi connectivity index (χ1) is 15.2. The zero-order valence-corrected chi connectivity index (χ0v) is 19.9. The molecule has 0 aliphatic carbocycles. The number of anilines is 1. The minimum absolute atomic E-state index is 0.670. The summed E-state index contributed by atoms with van der Waals surface area (Å²) in [6.07, 6.45) is 7.16. The molecule has 0 saturated carbocycles. The van der Waals surface area contributed by atoms with Crippen LogP contribution in [0.2, 0.25) is 0 Å². The molecule has 0 spiro atoms. The summed E-state index contributed by atoms with van der Waals surface area (Å²) in [7, 11) is 0. The molecule has 0 radical (unpaired) electrons. The Morgan fingerprint density at radius 2 is 1.97 bits per heavy atom. The van der Waals surface area contributed by atoms with Crippen LogP contribution in [0.4, 0.5) is 5.82 Å². The van der Waals surface area contributed by atoms with E-state index in [1.54, 1.807) is 0 Å². The second kappa shape index (κ2) is 12.9. The Kier molecular flexibility index (Phi) is 9.87. The summed E-state index contributed by atoms with van der Waals surface area (Å²) in [6.45, 7) is 17.1. The van der Waals surface area contributed by atoms with E-state index in [1.807, 2.05) is 6.20 Å². The Morgan fingerprint density at radius 1 is 1.13 bits per heavy atom. The summed E-state index contributed by atoms with van der Waals surface area (Å²) >= 11 is 0. The molecule has 2 saturated heterocycles. The second-order valence-electron chi connectivity index (χ2n) is 8.80. The molecule has 1 atom stereocenters. The SMILES string of the molecule is CCNC(=NCc1ccnc(N2CCN(CC)CC2)c1)NCCCN1CCCCC1C. The largest absolute Gasteiger partial charge is 0.357 e. The highest BCUT2D eigenvalue weighted by Gasteiger charge is 2.18. The van der Waals surface area contributed by atoms with E-state index >= 15 is 0 Å². The number of piperazine rings is 1. The number of guanidine groups is 1. The number of hydrogen-bond acceptors (Lipinski definition) is 5. The third kappa shape index (κ3) is 7.65. The van der Waals surface area contributed by atoms with Crippen LogP contribution in [0.1, 0.15) is 52.0 Å². The molecule has 31 heavy (non-hydrogen) atoms. The van der Waals surface area contributed by atoms with Gasteiger partial charge in [0.05, 0.1) is 6.54 Å². The molecule has 174 valence electrons. The van der Waals surface area contributed by atoms with Gasteiger partial charge in [-0.2, -0.15) is 0 Å². The summed E-state index contributed by atoms with van der Waals surface area (Å²) in [6, 6.07) is 5.02. The summed E-state index contributed by atoms with van der Waals surface area (Å²) in [5.74, 6) is 1.99. The lowest BCUT2D eigenvalue weighted by atomic mass is 10.0. The molecule has 1 aromatic heterocycles. The Balaban J connectivity index is 1.47. The number of likely N-dealkylation sites (N-methyl/N-ethyl adjacent to an activating group) is 1. The van der Waals surface area contributed by atoms with Gasteiger partial charge in [0.25, 0.3) is 0 Å². The first-order valence-electron chi connectivity index (χ1n) is 12.4. The van der Waals surface area contributed by atoms with Crippen molar-refractivity contribution in [1.82, 2.24) is 25.4 Å². The molecule has 0 bridgehead atoms. The fraction of sp³-hybridized carbons (Fsp3) is 0.750. The lowest BCUT2D eigenvalue weighted by Gasteiger charge is -2.34. The monoisotopic (exact) mass is 429 g/mol. The lowest BCUT2D eigenvalue weighted by molar-refractivity contribution is 0.159. The zero-order chi connectivity index (χ0) is 21.9. The van der Waals surface area contributed by atoms with E-state index in [9.17, 15) is 0 Å². The van der Waals surface area contributed by atoms with Crippen LogP contribution in [0, 0.1) is 0 Å². The molecule has 1 aromatic rings. The molecule has 7 heteroatoms. The predicted octanol–water partition coefficient (Wildman–Crippen LogP) is 2.54. The van der Waals surface area contributed by atoms with Crippen LogP contribution < -0.4 is 15.5 Å². The van der Waals surface area contributed by atoms with Crippen LogP contribution in [-0.2, 0) is 6.54 Å². The third-order valence-electron chi connectivity index (χ3n) is 6.57. The number of pyridine rings is 1. The Labute approximate surface area is 189 Å². The highest BCUT2D eigenvalue weighted by Crippen LogP contribution is 2.17. The van der Waals surface area contributed by atoms with E-state index in [4.69, 9.17) is 4.99 Å². The van der Waals surface area contributed by atoms with Crippen molar-refractivity contribution in [3.63, 3.8) is 0 Å². The van der Waals surface area contributed by atoms with Gasteiger partial charge in [-0.05, 0) is 63.9 Å². The molecule has 0 amide bonds. The Morgan fingerprint density at radius 3 is 2.71 bits per heavy atom. The van der Waals surface area contributed by atoms with E-state index in [0.29, 0.717) is 6.54 Å². The average Bonchev–Trinajstić information content (AvgIpc) is 2.81. The molecule has 0 aromatic carbocycles. The van der Waals surface area contributed by atoms with Gasteiger partial charge in [-0.15, -0.1) is 0 Å². The molecule has 2 N–H and O–H groups in total. The summed E-state index contributed by atoms with van der Waals surface area (Å²) in [5.41, 5.74) is 1.21. The van der Waals surface area contributed by atoms with Gasteiger partial charge in [0.15, 0.2) is 5.96 Å². The smallest absolute Gasteiger partial charge is 0.191 e. The lowest BCUT2D eigenvalue weighted by Crippen LogP contribution is -2.46. The van der Waals surface area contributed by atoms with Crippen molar-refractivity contribution < 1.29 is 0 Å². The Bertz CT molecular complexity index is 670. The van der Waals surface area contributed by atoms with Gasteiger partial charge in [0, 0.05) is 58.1 Å². The molecule has 7 nitrogen and oxygen atoms in total. The Hall–Kier alpha value is -1.86. The number of aromatic nitrogens is 1. The van der Waals surface area contributed by atoms with Crippen molar-refractivity contribution >= 4 is 11.8 Å². The van der Waals surface area contributed by atoms with Gasteiger partial charge in [-0.25, -0.2) is 9.98 Å². The summed E-state index contributed by atoms with van der Waals surface area (Å²) < 4.78 is 0.